The molecule has 1 aromatic rings. The number of ether oxygens (including phenoxy) is 1. The van der Waals surface area contributed by atoms with Crippen LogP contribution in [-0.2, 0) is 34.4 Å². The van der Waals surface area contributed by atoms with E-state index in [1.807, 2.05) is 30.3 Å². The maximum absolute atomic E-state index is 13.5. The van der Waals surface area contributed by atoms with Crippen LogP contribution in [0.5, 0.6) is 0 Å². The number of hydrogen-bond donors (Lipinski definition) is 3. The fraction of sp³-hybridized carbons (Fsp3) is 0.690. The molecule has 3 amide bonds. The average Bonchev–Trinajstić information content (AvgIpc) is 3.30. The maximum atomic E-state index is 13.5. The fourth-order valence-electron chi connectivity index (χ4n) is 5.84. The number of carbonyl (C=O) groups excluding carboxylic acids is 3. The maximum Gasteiger partial charge on any atom is 0.405 e. The first-order valence-electron chi connectivity index (χ1n) is 14.8. The highest BCUT2D eigenvalue weighted by Crippen LogP contribution is 2.53. The van der Waals surface area contributed by atoms with E-state index in [-0.39, 0.29) is 31.5 Å². The molecule has 11 nitrogen and oxygen atoms in total. The number of benzene rings is 1. The zero-order chi connectivity index (χ0) is 29.8. The summed E-state index contributed by atoms with van der Waals surface area (Å²) in [5.41, 5.74) is 6.41. The van der Waals surface area contributed by atoms with Crippen molar-refractivity contribution in [3.63, 3.8) is 0 Å². The summed E-state index contributed by atoms with van der Waals surface area (Å²) in [4.78, 5) is 40.2. The van der Waals surface area contributed by atoms with Gasteiger partial charge in [-0.3, -0.25) is 14.2 Å². The van der Waals surface area contributed by atoms with E-state index >= 15 is 0 Å². The van der Waals surface area contributed by atoms with Gasteiger partial charge in [-0.1, -0.05) is 62.4 Å². The van der Waals surface area contributed by atoms with Gasteiger partial charge in [0.15, 0.2) is 11.9 Å². The van der Waals surface area contributed by atoms with Crippen LogP contribution in [0.25, 0.3) is 0 Å². The molecule has 3 rings (SSSR count). The predicted octanol–water partition coefficient (Wildman–Crippen LogP) is 3.97. The molecule has 0 aromatic heterocycles. The molecule has 2 aliphatic rings. The Labute approximate surface area is 243 Å². The van der Waals surface area contributed by atoms with Crippen LogP contribution < -0.4 is 11.1 Å². The van der Waals surface area contributed by atoms with Crippen molar-refractivity contribution in [1.82, 2.24) is 10.2 Å². The summed E-state index contributed by atoms with van der Waals surface area (Å²) in [5.74, 6) is -2.82. The van der Waals surface area contributed by atoms with Crippen LogP contribution in [0.2, 0.25) is 0 Å². The molecule has 4 unspecified atom stereocenters. The van der Waals surface area contributed by atoms with E-state index in [4.69, 9.17) is 19.5 Å². The second-order valence-electron chi connectivity index (χ2n) is 10.9. The van der Waals surface area contributed by atoms with E-state index in [1.165, 1.54) is 0 Å². The Bertz CT molecular complexity index is 1030. The fourth-order valence-corrected chi connectivity index (χ4v) is 7.57. The molecule has 1 saturated heterocycles. The number of nitrogens with zero attached hydrogens (tertiary/aromatic N) is 1. The van der Waals surface area contributed by atoms with Crippen LogP contribution in [0.3, 0.4) is 0 Å². The summed E-state index contributed by atoms with van der Waals surface area (Å²) in [6, 6.07) is 8.72. The van der Waals surface area contributed by atoms with Crippen LogP contribution in [0, 0.1) is 11.8 Å². The minimum absolute atomic E-state index is 0.0136. The Balaban J connectivity index is 1.76. The highest BCUT2D eigenvalue weighted by molar-refractivity contribution is 7.54. The Hall–Kier alpha value is -2.46. The first-order chi connectivity index (χ1) is 19.7. The zero-order valence-electron chi connectivity index (χ0n) is 24.2. The van der Waals surface area contributed by atoms with Crippen LogP contribution in [0.15, 0.2) is 30.3 Å². The third kappa shape index (κ3) is 9.81. The third-order valence-electron chi connectivity index (χ3n) is 7.91. The lowest BCUT2D eigenvalue weighted by atomic mass is 9.85. The number of nitrogens with one attached hydrogen (secondary N) is 1. The van der Waals surface area contributed by atoms with Crippen molar-refractivity contribution in [2.24, 2.45) is 17.6 Å². The molecule has 230 valence electrons. The van der Waals surface area contributed by atoms with Gasteiger partial charge in [0.25, 0.3) is 5.91 Å². The summed E-state index contributed by atoms with van der Waals surface area (Å²) in [7, 11) is -4.08. The SMILES string of the molecule is CCOP(=O)(OCC)C(O)C(CC1CCN(CCc2ccccc2)C1=O)NC(=O)C(CC1CCCCC1)OC(N)=O. The monoisotopic (exact) mass is 595 g/mol. The topological polar surface area (TPSA) is 157 Å². The van der Waals surface area contributed by atoms with Crippen molar-refractivity contribution in [3.05, 3.63) is 35.9 Å². The molecule has 0 radical (unpaired) electrons. The molecule has 0 spiro atoms. The first-order valence-corrected chi connectivity index (χ1v) is 16.4. The number of likely N-dealkylation sites (tertiary alicyclic amines) is 1. The van der Waals surface area contributed by atoms with Gasteiger partial charge < -0.3 is 34.8 Å². The predicted molar refractivity (Wildman–Crippen MR) is 154 cm³/mol. The number of nitrogens with two attached hydrogens (primary N) is 1. The summed E-state index contributed by atoms with van der Waals surface area (Å²) >= 11 is 0. The molecule has 2 fully saturated rings. The standard InChI is InChI=1S/C29H46N3O8P/c1-3-38-41(37,39-4-2)28(35)24(31-26(33)25(40-29(30)36)19-22-13-9-6-10-14-22)20-23-16-18-32(27(23)34)17-15-21-11-7-5-8-12-21/h5,7-8,11-12,22-25,28,35H,3-4,6,9-10,13-20H2,1-2H3,(H2,30,36)(H,31,33). The van der Waals surface area contributed by atoms with E-state index in [0.717, 1.165) is 37.7 Å². The van der Waals surface area contributed by atoms with Gasteiger partial charge in [-0.2, -0.15) is 0 Å². The van der Waals surface area contributed by atoms with Crippen molar-refractivity contribution in [2.45, 2.75) is 89.6 Å². The van der Waals surface area contributed by atoms with Crippen molar-refractivity contribution in [1.29, 1.82) is 0 Å². The van der Waals surface area contributed by atoms with Gasteiger partial charge >= 0.3 is 13.7 Å². The lowest BCUT2D eigenvalue weighted by molar-refractivity contribution is -0.134. The molecule has 1 saturated carbocycles. The minimum Gasteiger partial charge on any atom is -0.436 e. The highest BCUT2D eigenvalue weighted by Gasteiger charge is 2.44. The van der Waals surface area contributed by atoms with Gasteiger partial charge in [0.1, 0.15) is 0 Å². The summed E-state index contributed by atoms with van der Waals surface area (Å²) in [6.45, 7) is 4.36. The normalized spacial score (nSPS) is 20.4. The number of amides is 3. The quantitative estimate of drug-likeness (QED) is 0.242. The van der Waals surface area contributed by atoms with Crippen LogP contribution >= 0.6 is 7.60 Å². The van der Waals surface area contributed by atoms with Gasteiger partial charge in [-0.15, -0.1) is 0 Å². The smallest absolute Gasteiger partial charge is 0.405 e. The molecule has 4 atom stereocenters. The van der Waals surface area contributed by atoms with Gasteiger partial charge in [0.05, 0.1) is 19.3 Å². The van der Waals surface area contributed by atoms with Crippen molar-refractivity contribution >= 4 is 25.5 Å². The molecular formula is C29H46N3O8P. The van der Waals surface area contributed by atoms with Gasteiger partial charge in [0, 0.05) is 19.0 Å². The molecule has 12 heteroatoms. The first kappa shape index (κ1) is 33.0. The molecule has 1 aromatic carbocycles. The Morgan fingerprint density at radius 2 is 1.73 bits per heavy atom. The largest absolute Gasteiger partial charge is 0.436 e. The van der Waals surface area contributed by atoms with Crippen LogP contribution in [0.4, 0.5) is 4.79 Å². The highest BCUT2D eigenvalue weighted by atomic mass is 31.2. The number of aliphatic hydroxyl groups excluding tert-OH is 1. The molecule has 41 heavy (non-hydrogen) atoms. The van der Waals surface area contributed by atoms with E-state index in [0.29, 0.717) is 32.4 Å². The summed E-state index contributed by atoms with van der Waals surface area (Å²) in [5, 5.41) is 14.0. The summed E-state index contributed by atoms with van der Waals surface area (Å²) < 4.78 is 29.5. The second kappa shape index (κ2) is 16.2. The Morgan fingerprint density at radius 3 is 2.34 bits per heavy atom. The van der Waals surface area contributed by atoms with Gasteiger partial charge in [0.2, 0.25) is 5.91 Å². The van der Waals surface area contributed by atoms with Crippen molar-refractivity contribution in [3.8, 4) is 0 Å². The molecule has 0 bridgehead atoms. The van der Waals surface area contributed by atoms with E-state index < -0.39 is 43.5 Å². The number of carbonyl (C=O) groups is 3. The number of rotatable bonds is 16. The van der Waals surface area contributed by atoms with Crippen LogP contribution in [0.1, 0.15) is 70.8 Å². The molecule has 1 heterocycles. The molecular weight excluding hydrogens is 549 g/mol. The average molecular weight is 596 g/mol. The van der Waals surface area contributed by atoms with E-state index in [1.54, 1.807) is 18.7 Å². The van der Waals surface area contributed by atoms with Crippen LogP contribution in [-0.4, -0.2) is 72.2 Å². The van der Waals surface area contributed by atoms with Crippen molar-refractivity contribution < 1.29 is 37.8 Å². The van der Waals surface area contributed by atoms with Gasteiger partial charge in [-0.05, 0) is 51.0 Å². The molecule has 1 aliphatic heterocycles. The molecule has 1 aliphatic carbocycles. The number of primary amides is 1. The lowest BCUT2D eigenvalue weighted by Crippen LogP contribution is -2.50. The zero-order valence-corrected chi connectivity index (χ0v) is 25.1. The number of hydrogen-bond acceptors (Lipinski definition) is 8. The second-order valence-corrected chi connectivity index (χ2v) is 13.0. The van der Waals surface area contributed by atoms with E-state index in [9.17, 15) is 24.1 Å². The Kier molecular flexibility index (Phi) is 13.1. The third-order valence-corrected chi connectivity index (χ3v) is 10.2. The Morgan fingerprint density at radius 1 is 1.07 bits per heavy atom. The van der Waals surface area contributed by atoms with Crippen molar-refractivity contribution in [2.75, 3.05) is 26.3 Å². The van der Waals surface area contributed by atoms with Gasteiger partial charge in [-0.25, -0.2) is 4.79 Å². The summed E-state index contributed by atoms with van der Waals surface area (Å²) in [6.07, 6.45) is 4.31. The van der Waals surface area contributed by atoms with E-state index in [2.05, 4.69) is 5.32 Å². The molecule has 4 N–H and O–H groups in total. The number of aliphatic hydroxyl groups is 1. The minimum atomic E-state index is -4.08. The lowest BCUT2D eigenvalue weighted by Gasteiger charge is -2.32.